The Hall–Kier alpha value is -1.75. The monoisotopic (exact) mass is 250 g/mol. The highest BCUT2D eigenvalue weighted by Crippen LogP contribution is 2.38. The van der Waals surface area contributed by atoms with Crippen molar-refractivity contribution < 1.29 is 14.3 Å². The van der Waals surface area contributed by atoms with Crippen LogP contribution in [0, 0.1) is 0 Å². The van der Waals surface area contributed by atoms with E-state index < -0.39 is 5.60 Å². The van der Waals surface area contributed by atoms with Crippen molar-refractivity contribution in [2.45, 2.75) is 18.9 Å². The van der Waals surface area contributed by atoms with Crippen LogP contribution in [0.5, 0.6) is 11.5 Å². The zero-order valence-electron chi connectivity index (χ0n) is 10.9. The first-order valence-electron chi connectivity index (χ1n) is 5.79. The zero-order valence-corrected chi connectivity index (χ0v) is 10.9. The third-order valence-electron chi connectivity index (χ3n) is 3.15. The molecule has 0 amide bonds. The Morgan fingerprint density at radius 3 is 2.61 bits per heavy atom. The van der Waals surface area contributed by atoms with Gasteiger partial charge in [0, 0.05) is 18.5 Å². The number of nitrogens with two attached hydrogens (primary N) is 1. The van der Waals surface area contributed by atoms with Gasteiger partial charge in [0.2, 0.25) is 0 Å². The van der Waals surface area contributed by atoms with Crippen molar-refractivity contribution in [1.29, 1.82) is 0 Å². The van der Waals surface area contributed by atoms with Crippen molar-refractivity contribution in [3.8, 4) is 11.5 Å². The number of benzene rings is 1. The van der Waals surface area contributed by atoms with E-state index in [9.17, 15) is 0 Å². The van der Waals surface area contributed by atoms with Gasteiger partial charge < -0.3 is 20.0 Å². The van der Waals surface area contributed by atoms with Gasteiger partial charge in [0.25, 0.3) is 0 Å². The summed E-state index contributed by atoms with van der Waals surface area (Å²) in [5.74, 6) is 1.38. The van der Waals surface area contributed by atoms with E-state index >= 15 is 0 Å². The molecule has 0 unspecified atom stereocenters. The number of ether oxygens (including phenoxy) is 2. The maximum absolute atomic E-state index is 5.58. The lowest BCUT2D eigenvalue weighted by molar-refractivity contribution is -0.00755. The van der Waals surface area contributed by atoms with Gasteiger partial charge >= 0.3 is 0 Å². The Labute approximate surface area is 107 Å². The smallest absolute Gasteiger partial charge is 0.165 e. The summed E-state index contributed by atoms with van der Waals surface area (Å²) in [5.41, 5.74) is 6.96. The topological polar surface area (TPSA) is 66.1 Å². The molecule has 98 valence electrons. The molecule has 0 aromatic heterocycles. The van der Waals surface area contributed by atoms with Crippen LogP contribution in [0.1, 0.15) is 18.9 Å². The first-order valence-corrected chi connectivity index (χ1v) is 5.79. The minimum atomic E-state index is -0.478. The SMILES string of the molecule is COc1ccc([C@@]2(C)CC(CN)=NO2)cc1OC. The van der Waals surface area contributed by atoms with Crippen molar-refractivity contribution in [1.82, 2.24) is 0 Å². The summed E-state index contributed by atoms with van der Waals surface area (Å²) in [4.78, 5) is 5.51. The van der Waals surface area contributed by atoms with Gasteiger partial charge in [-0.15, -0.1) is 0 Å². The number of nitrogens with zero attached hydrogens (tertiary/aromatic N) is 1. The van der Waals surface area contributed by atoms with Gasteiger partial charge in [-0.3, -0.25) is 0 Å². The fraction of sp³-hybridized carbons (Fsp3) is 0.462. The Morgan fingerprint density at radius 2 is 2.06 bits per heavy atom. The molecule has 1 atom stereocenters. The zero-order chi connectivity index (χ0) is 13.2. The summed E-state index contributed by atoms with van der Waals surface area (Å²) in [6, 6.07) is 5.73. The van der Waals surface area contributed by atoms with Gasteiger partial charge in [-0.1, -0.05) is 11.2 Å². The molecule has 0 bridgehead atoms. The Bertz CT molecular complexity index is 473. The molecule has 0 saturated carbocycles. The van der Waals surface area contributed by atoms with Crippen molar-refractivity contribution in [3.05, 3.63) is 23.8 Å². The Morgan fingerprint density at radius 1 is 1.33 bits per heavy atom. The van der Waals surface area contributed by atoms with Crippen molar-refractivity contribution >= 4 is 5.71 Å². The van der Waals surface area contributed by atoms with Crippen molar-refractivity contribution in [2.24, 2.45) is 10.9 Å². The van der Waals surface area contributed by atoms with Gasteiger partial charge in [-0.2, -0.15) is 0 Å². The molecule has 0 aliphatic carbocycles. The summed E-state index contributed by atoms with van der Waals surface area (Å²) >= 11 is 0. The number of hydrogen-bond donors (Lipinski definition) is 1. The molecule has 0 fully saturated rings. The highest BCUT2D eigenvalue weighted by atomic mass is 16.7. The van der Waals surface area contributed by atoms with Crippen molar-refractivity contribution in [2.75, 3.05) is 20.8 Å². The van der Waals surface area contributed by atoms with Crippen LogP contribution in [0.25, 0.3) is 0 Å². The maximum Gasteiger partial charge on any atom is 0.165 e. The largest absolute Gasteiger partial charge is 0.493 e. The third-order valence-corrected chi connectivity index (χ3v) is 3.15. The molecule has 0 radical (unpaired) electrons. The summed E-state index contributed by atoms with van der Waals surface area (Å²) < 4.78 is 10.5. The fourth-order valence-corrected chi connectivity index (χ4v) is 2.05. The highest BCUT2D eigenvalue weighted by Gasteiger charge is 2.36. The Balaban J connectivity index is 2.29. The molecular formula is C13H18N2O3. The average Bonchev–Trinajstić information content (AvgIpc) is 2.81. The molecule has 18 heavy (non-hydrogen) atoms. The molecule has 1 aliphatic rings. The van der Waals surface area contributed by atoms with E-state index in [0.29, 0.717) is 24.5 Å². The molecule has 1 aliphatic heterocycles. The van der Waals surface area contributed by atoms with Crippen LogP contribution in [-0.4, -0.2) is 26.5 Å². The normalized spacial score (nSPS) is 22.3. The van der Waals surface area contributed by atoms with Crippen LogP contribution in [-0.2, 0) is 10.4 Å². The molecule has 5 heteroatoms. The molecule has 1 aromatic carbocycles. The van der Waals surface area contributed by atoms with E-state index in [1.54, 1.807) is 14.2 Å². The lowest BCUT2D eigenvalue weighted by atomic mass is 9.90. The maximum atomic E-state index is 5.58. The van der Waals surface area contributed by atoms with E-state index in [2.05, 4.69) is 5.16 Å². The average molecular weight is 250 g/mol. The van der Waals surface area contributed by atoms with Crippen LogP contribution in [0.15, 0.2) is 23.4 Å². The van der Waals surface area contributed by atoms with E-state index in [1.807, 2.05) is 25.1 Å². The predicted octanol–water partition coefficient (Wildman–Crippen LogP) is 1.65. The van der Waals surface area contributed by atoms with E-state index in [4.69, 9.17) is 20.0 Å². The molecule has 2 rings (SSSR count). The highest BCUT2D eigenvalue weighted by molar-refractivity contribution is 5.87. The van der Waals surface area contributed by atoms with Crippen LogP contribution in [0.2, 0.25) is 0 Å². The minimum absolute atomic E-state index is 0.420. The molecule has 0 spiro atoms. The van der Waals surface area contributed by atoms with Crippen LogP contribution < -0.4 is 15.2 Å². The molecule has 1 heterocycles. The number of rotatable bonds is 4. The second kappa shape index (κ2) is 4.86. The lowest BCUT2D eigenvalue weighted by Crippen LogP contribution is -2.24. The van der Waals surface area contributed by atoms with Gasteiger partial charge in [-0.25, -0.2) is 0 Å². The second-order valence-corrected chi connectivity index (χ2v) is 4.43. The first kappa shape index (κ1) is 12.7. The van der Waals surface area contributed by atoms with E-state index in [0.717, 1.165) is 11.3 Å². The van der Waals surface area contributed by atoms with Crippen LogP contribution >= 0.6 is 0 Å². The van der Waals surface area contributed by atoms with Gasteiger partial charge in [0.1, 0.15) is 0 Å². The van der Waals surface area contributed by atoms with Gasteiger partial charge in [0.15, 0.2) is 17.1 Å². The van der Waals surface area contributed by atoms with Crippen molar-refractivity contribution in [3.63, 3.8) is 0 Å². The third kappa shape index (κ3) is 2.13. The quantitative estimate of drug-likeness (QED) is 0.882. The summed E-state index contributed by atoms with van der Waals surface area (Å²) in [5, 5.41) is 4.00. The summed E-state index contributed by atoms with van der Waals surface area (Å²) in [6.45, 7) is 2.41. The number of oxime groups is 1. The second-order valence-electron chi connectivity index (χ2n) is 4.43. The summed E-state index contributed by atoms with van der Waals surface area (Å²) in [6.07, 6.45) is 0.693. The first-order chi connectivity index (χ1) is 8.62. The van der Waals surface area contributed by atoms with Gasteiger partial charge in [-0.05, 0) is 19.1 Å². The molecule has 1 aromatic rings. The van der Waals surface area contributed by atoms with E-state index in [-0.39, 0.29) is 0 Å². The van der Waals surface area contributed by atoms with E-state index in [1.165, 1.54) is 0 Å². The lowest BCUT2D eigenvalue weighted by Gasteiger charge is -2.23. The fourth-order valence-electron chi connectivity index (χ4n) is 2.05. The standard InChI is InChI=1S/C13H18N2O3/c1-13(7-10(8-14)15-18-13)9-4-5-11(16-2)12(6-9)17-3/h4-6H,7-8,14H2,1-3H3/t13-/m1/s1. The van der Waals surface area contributed by atoms with Crippen LogP contribution in [0.3, 0.4) is 0 Å². The van der Waals surface area contributed by atoms with Crippen LogP contribution in [0.4, 0.5) is 0 Å². The minimum Gasteiger partial charge on any atom is -0.493 e. The van der Waals surface area contributed by atoms with Gasteiger partial charge in [0.05, 0.1) is 19.9 Å². The Kier molecular flexibility index (Phi) is 3.43. The molecule has 2 N–H and O–H groups in total. The number of hydrogen-bond acceptors (Lipinski definition) is 5. The molecule has 5 nitrogen and oxygen atoms in total. The number of methoxy groups -OCH3 is 2. The summed E-state index contributed by atoms with van der Waals surface area (Å²) in [7, 11) is 3.22. The molecule has 0 saturated heterocycles. The predicted molar refractivity (Wildman–Crippen MR) is 69.1 cm³/mol. The molecular weight excluding hydrogens is 232 g/mol.